The first kappa shape index (κ1) is 18.2. The number of carbonyl (C=O) groups is 1. The molecule has 0 saturated carbocycles. The molecule has 0 fully saturated rings. The quantitative estimate of drug-likeness (QED) is 0.699. The Labute approximate surface area is 163 Å². The number of hydrogen-bond donors (Lipinski definition) is 0. The van der Waals surface area contributed by atoms with Crippen molar-refractivity contribution < 1.29 is 4.79 Å². The van der Waals surface area contributed by atoms with E-state index in [1.165, 1.54) is 11.6 Å². The van der Waals surface area contributed by atoms with E-state index in [0.717, 1.165) is 18.1 Å². The molecule has 4 rings (SSSR count). The second-order valence-corrected chi connectivity index (χ2v) is 7.10. The van der Waals surface area contributed by atoms with Crippen LogP contribution in [0.3, 0.4) is 0 Å². The number of aromatic nitrogens is 4. The van der Waals surface area contributed by atoms with Gasteiger partial charge in [0.05, 0.1) is 12.6 Å². The molecule has 2 aromatic heterocycles. The van der Waals surface area contributed by atoms with Gasteiger partial charge in [-0.2, -0.15) is 0 Å². The SMILES string of the molecule is CCn1ccc(C(=O)N2Cc3nnc(C)n3[C@H](Cc3ccccc3)C2)cc1=O. The molecule has 0 saturated heterocycles. The second kappa shape index (κ2) is 7.42. The number of hydrogen-bond acceptors (Lipinski definition) is 4. The molecule has 1 amide bonds. The van der Waals surface area contributed by atoms with Crippen LogP contribution in [-0.2, 0) is 19.5 Å². The summed E-state index contributed by atoms with van der Waals surface area (Å²) in [6, 6.07) is 13.4. The zero-order valence-electron chi connectivity index (χ0n) is 16.1. The Morgan fingerprint density at radius 3 is 2.68 bits per heavy atom. The highest BCUT2D eigenvalue weighted by Crippen LogP contribution is 2.26. The van der Waals surface area contributed by atoms with Crippen LogP contribution in [-0.4, -0.2) is 36.7 Å². The third-order valence-corrected chi connectivity index (χ3v) is 5.25. The van der Waals surface area contributed by atoms with Crippen molar-refractivity contribution in [1.29, 1.82) is 0 Å². The van der Waals surface area contributed by atoms with Crippen molar-refractivity contribution >= 4 is 5.91 Å². The van der Waals surface area contributed by atoms with Gasteiger partial charge in [0.15, 0.2) is 5.82 Å². The third-order valence-electron chi connectivity index (χ3n) is 5.25. The van der Waals surface area contributed by atoms with Gasteiger partial charge in [-0.1, -0.05) is 30.3 Å². The van der Waals surface area contributed by atoms with Crippen molar-refractivity contribution in [2.75, 3.05) is 6.54 Å². The lowest BCUT2D eigenvalue weighted by molar-refractivity contribution is 0.0671. The lowest BCUT2D eigenvalue weighted by atomic mass is 10.0. The predicted molar refractivity (Wildman–Crippen MR) is 105 cm³/mol. The maximum atomic E-state index is 13.1. The van der Waals surface area contributed by atoms with Crippen LogP contribution in [0.15, 0.2) is 53.5 Å². The topological polar surface area (TPSA) is 73.0 Å². The van der Waals surface area contributed by atoms with Crippen molar-refractivity contribution in [3.8, 4) is 0 Å². The van der Waals surface area contributed by atoms with Gasteiger partial charge in [0.2, 0.25) is 0 Å². The average molecular weight is 377 g/mol. The zero-order valence-corrected chi connectivity index (χ0v) is 16.1. The number of fused-ring (bicyclic) bond motifs is 1. The highest BCUT2D eigenvalue weighted by molar-refractivity contribution is 5.94. The maximum absolute atomic E-state index is 13.1. The van der Waals surface area contributed by atoms with Crippen LogP contribution in [0, 0.1) is 6.92 Å². The molecule has 3 aromatic rings. The van der Waals surface area contributed by atoms with Gasteiger partial charge in [0.25, 0.3) is 11.5 Å². The van der Waals surface area contributed by atoms with E-state index in [4.69, 9.17) is 0 Å². The van der Waals surface area contributed by atoms with Gasteiger partial charge in [0, 0.05) is 30.9 Å². The van der Waals surface area contributed by atoms with Gasteiger partial charge < -0.3 is 14.0 Å². The van der Waals surface area contributed by atoms with Crippen LogP contribution in [0.5, 0.6) is 0 Å². The van der Waals surface area contributed by atoms with E-state index in [-0.39, 0.29) is 17.5 Å². The number of benzene rings is 1. The molecule has 1 atom stereocenters. The Kier molecular flexibility index (Phi) is 4.81. The molecule has 0 N–H and O–H groups in total. The van der Waals surface area contributed by atoms with Gasteiger partial charge in [0.1, 0.15) is 5.82 Å². The Morgan fingerprint density at radius 1 is 1.18 bits per heavy atom. The van der Waals surface area contributed by atoms with Crippen molar-refractivity contribution in [2.24, 2.45) is 0 Å². The largest absolute Gasteiger partial charge is 0.329 e. The van der Waals surface area contributed by atoms with Crippen LogP contribution in [0.4, 0.5) is 0 Å². The van der Waals surface area contributed by atoms with E-state index in [0.29, 0.717) is 25.2 Å². The monoisotopic (exact) mass is 377 g/mol. The summed E-state index contributed by atoms with van der Waals surface area (Å²) in [6.45, 7) is 5.37. The lowest BCUT2D eigenvalue weighted by Gasteiger charge is -2.34. The van der Waals surface area contributed by atoms with E-state index >= 15 is 0 Å². The van der Waals surface area contributed by atoms with E-state index in [9.17, 15) is 9.59 Å². The Morgan fingerprint density at radius 2 is 1.96 bits per heavy atom. The predicted octanol–water partition coefficient (Wildman–Crippen LogP) is 2.21. The normalized spacial score (nSPS) is 16.1. The fraction of sp³-hybridized carbons (Fsp3) is 0.333. The smallest absolute Gasteiger partial charge is 0.254 e. The summed E-state index contributed by atoms with van der Waals surface area (Å²) in [5, 5.41) is 8.49. The molecule has 0 radical (unpaired) electrons. The van der Waals surface area contributed by atoms with Gasteiger partial charge in [-0.15, -0.1) is 10.2 Å². The molecule has 1 aromatic carbocycles. The van der Waals surface area contributed by atoms with Crippen molar-refractivity contribution in [1.82, 2.24) is 24.2 Å². The van der Waals surface area contributed by atoms with Gasteiger partial charge >= 0.3 is 0 Å². The lowest BCUT2D eigenvalue weighted by Crippen LogP contribution is -2.42. The number of aryl methyl sites for hydroxylation is 2. The fourth-order valence-corrected chi connectivity index (χ4v) is 3.85. The van der Waals surface area contributed by atoms with Crippen LogP contribution < -0.4 is 5.56 Å². The highest BCUT2D eigenvalue weighted by atomic mass is 16.2. The molecule has 0 unspecified atom stereocenters. The Hall–Kier alpha value is -3.22. The molecular weight excluding hydrogens is 354 g/mol. The van der Waals surface area contributed by atoms with E-state index < -0.39 is 0 Å². The summed E-state index contributed by atoms with van der Waals surface area (Å²) in [5.41, 5.74) is 1.45. The van der Waals surface area contributed by atoms with Crippen LogP contribution >= 0.6 is 0 Å². The first-order valence-corrected chi connectivity index (χ1v) is 9.51. The Balaban J connectivity index is 1.63. The summed E-state index contributed by atoms with van der Waals surface area (Å²) >= 11 is 0. The van der Waals surface area contributed by atoms with E-state index in [2.05, 4.69) is 26.9 Å². The molecule has 144 valence electrons. The fourth-order valence-electron chi connectivity index (χ4n) is 3.85. The molecule has 7 nitrogen and oxygen atoms in total. The molecule has 1 aliphatic rings. The van der Waals surface area contributed by atoms with E-state index in [1.54, 1.807) is 21.7 Å². The maximum Gasteiger partial charge on any atom is 0.254 e. The van der Waals surface area contributed by atoms with Crippen LogP contribution in [0.25, 0.3) is 0 Å². The Bertz CT molecular complexity index is 1050. The summed E-state index contributed by atoms with van der Waals surface area (Å²) in [7, 11) is 0. The van der Waals surface area contributed by atoms with Gasteiger partial charge in [-0.25, -0.2) is 0 Å². The minimum Gasteiger partial charge on any atom is -0.329 e. The van der Waals surface area contributed by atoms with Crippen LogP contribution in [0.2, 0.25) is 0 Å². The van der Waals surface area contributed by atoms with Gasteiger partial charge in [-0.05, 0) is 31.9 Å². The number of pyridine rings is 1. The molecule has 0 aliphatic carbocycles. The summed E-state index contributed by atoms with van der Waals surface area (Å²) in [5.74, 6) is 1.49. The standard InChI is InChI=1S/C21H23N5O2/c1-3-24-10-9-17(12-20(24)27)21(28)25-13-18(11-16-7-5-4-6-8-16)26-15(2)22-23-19(26)14-25/h4-10,12,18H,3,11,13-14H2,1-2H3/t18-/m1/s1. The summed E-state index contributed by atoms with van der Waals surface area (Å²) in [6.07, 6.45) is 2.46. The molecule has 1 aliphatic heterocycles. The van der Waals surface area contributed by atoms with Crippen molar-refractivity contribution in [2.45, 2.75) is 39.4 Å². The molecule has 28 heavy (non-hydrogen) atoms. The highest BCUT2D eigenvalue weighted by Gasteiger charge is 2.31. The molecule has 3 heterocycles. The zero-order chi connectivity index (χ0) is 19.7. The molecule has 0 bridgehead atoms. The van der Waals surface area contributed by atoms with Crippen LogP contribution in [0.1, 0.15) is 40.5 Å². The minimum absolute atomic E-state index is 0.0566. The number of amides is 1. The number of rotatable bonds is 4. The average Bonchev–Trinajstić information content (AvgIpc) is 3.09. The van der Waals surface area contributed by atoms with Crippen molar-refractivity contribution in [3.05, 3.63) is 81.8 Å². The third kappa shape index (κ3) is 3.35. The van der Waals surface area contributed by atoms with Crippen molar-refractivity contribution in [3.63, 3.8) is 0 Å². The first-order valence-electron chi connectivity index (χ1n) is 9.51. The molecular formula is C21H23N5O2. The molecule has 0 spiro atoms. The van der Waals surface area contributed by atoms with E-state index in [1.807, 2.05) is 32.0 Å². The summed E-state index contributed by atoms with van der Waals surface area (Å²) < 4.78 is 3.71. The number of carbonyl (C=O) groups excluding carboxylic acids is 1. The first-order chi connectivity index (χ1) is 13.6. The van der Waals surface area contributed by atoms with Gasteiger partial charge in [-0.3, -0.25) is 9.59 Å². The summed E-state index contributed by atoms with van der Waals surface area (Å²) in [4.78, 5) is 27.0. The molecule has 7 heteroatoms. The minimum atomic E-state index is -0.162. The second-order valence-electron chi connectivity index (χ2n) is 7.10. The number of nitrogens with zero attached hydrogens (tertiary/aromatic N) is 5.